The molecule has 0 saturated heterocycles. The first-order valence-corrected chi connectivity index (χ1v) is 10.1. The summed E-state index contributed by atoms with van der Waals surface area (Å²) in [5.74, 6) is 0.373. The lowest BCUT2D eigenvalue weighted by atomic mass is 9.82. The molecule has 5 heteroatoms. The van der Waals surface area contributed by atoms with Gasteiger partial charge in [0.15, 0.2) is 0 Å². The number of hydrogen-bond donors (Lipinski definition) is 0. The number of hydrogen-bond acceptors (Lipinski definition) is 3. The van der Waals surface area contributed by atoms with Crippen molar-refractivity contribution < 1.29 is 0 Å². The van der Waals surface area contributed by atoms with Gasteiger partial charge in [0.1, 0.15) is 10.2 Å². The fraction of sp³-hybridized carbons (Fsp3) is 0.273. The monoisotopic (exact) mass is 376 g/mol. The van der Waals surface area contributed by atoms with E-state index in [0.717, 1.165) is 39.4 Å². The van der Waals surface area contributed by atoms with Gasteiger partial charge in [-0.1, -0.05) is 24.6 Å². The molecule has 0 spiro atoms. The SMILES string of the molecule is Cc1cc2c(=O)c3c(=O)n(-c4ccccc4)c(C4CCC4)cc3n(C)c2s1. The van der Waals surface area contributed by atoms with Crippen LogP contribution in [0.1, 0.15) is 35.8 Å². The van der Waals surface area contributed by atoms with E-state index >= 15 is 0 Å². The summed E-state index contributed by atoms with van der Waals surface area (Å²) in [5.41, 5.74) is 2.24. The highest BCUT2D eigenvalue weighted by Crippen LogP contribution is 2.37. The topological polar surface area (TPSA) is 44.0 Å². The van der Waals surface area contributed by atoms with Gasteiger partial charge in [0.05, 0.1) is 10.9 Å². The Morgan fingerprint density at radius 2 is 1.81 bits per heavy atom. The molecule has 1 aliphatic rings. The zero-order valence-electron chi connectivity index (χ0n) is 15.4. The highest BCUT2D eigenvalue weighted by Gasteiger charge is 2.26. The third-order valence-electron chi connectivity index (χ3n) is 5.73. The van der Waals surface area contributed by atoms with Crippen molar-refractivity contribution in [3.05, 3.63) is 73.6 Å². The summed E-state index contributed by atoms with van der Waals surface area (Å²) in [4.78, 5) is 28.8. The van der Waals surface area contributed by atoms with Crippen LogP contribution in [0.25, 0.3) is 26.8 Å². The quantitative estimate of drug-likeness (QED) is 0.518. The Kier molecular flexibility index (Phi) is 3.62. The van der Waals surface area contributed by atoms with E-state index in [4.69, 9.17) is 0 Å². The van der Waals surface area contributed by atoms with Crippen molar-refractivity contribution in [2.45, 2.75) is 32.1 Å². The van der Waals surface area contributed by atoms with E-state index in [1.807, 2.05) is 54.9 Å². The standard InChI is InChI=1S/C22H20N2O2S/c1-13-11-16-20(25)19-18(23(2)22(16)27-13)12-17(14-7-6-8-14)24(21(19)26)15-9-4-3-5-10-15/h3-5,9-12,14H,6-8H2,1-2H3. The van der Waals surface area contributed by atoms with Crippen molar-refractivity contribution in [2.24, 2.45) is 7.05 Å². The van der Waals surface area contributed by atoms with Gasteiger partial charge in [-0.25, -0.2) is 0 Å². The van der Waals surface area contributed by atoms with Crippen molar-refractivity contribution in [1.82, 2.24) is 9.13 Å². The van der Waals surface area contributed by atoms with Crippen LogP contribution in [-0.2, 0) is 7.05 Å². The van der Waals surface area contributed by atoms with Crippen molar-refractivity contribution >= 4 is 32.5 Å². The maximum atomic E-state index is 13.6. The summed E-state index contributed by atoms with van der Waals surface area (Å²) >= 11 is 1.60. The molecule has 136 valence electrons. The molecule has 1 saturated carbocycles. The van der Waals surface area contributed by atoms with Crippen LogP contribution >= 0.6 is 11.3 Å². The summed E-state index contributed by atoms with van der Waals surface area (Å²) in [6.07, 6.45) is 3.37. The molecule has 3 aromatic heterocycles. The second-order valence-corrected chi connectivity index (χ2v) is 8.63. The summed E-state index contributed by atoms with van der Waals surface area (Å²) in [7, 11) is 1.96. The molecule has 5 rings (SSSR count). The van der Waals surface area contributed by atoms with Gasteiger partial charge in [0, 0.05) is 23.3 Å². The van der Waals surface area contributed by atoms with Gasteiger partial charge in [-0.2, -0.15) is 0 Å². The molecule has 27 heavy (non-hydrogen) atoms. The van der Waals surface area contributed by atoms with Gasteiger partial charge < -0.3 is 4.57 Å². The molecule has 0 radical (unpaired) electrons. The number of benzene rings is 1. The molecular weight excluding hydrogens is 356 g/mol. The van der Waals surface area contributed by atoms with E-state index < -0.39 is 0 Å². The first kappa shape index (κ1) is 16.5. The molecule has 3 heterocycles. The van der Waals surface area contributed by atoms with Gasteiger partial charge in [-0.3, -0.25) is 14.2 Å². The van der Waals surface area contributed by atoms with Crippen LogP contribution < -0.4 is 11.0 Å². The Hall–Kier alpha value is -2.66. The lowest BCUT2D eigenvalue weighted by molar-refractivity contribution is 0.404. The third kappa shape index (κ3) is 2.34. The second-order valence-electron chi connectivity index (χ2n) is 7.40. The number of fused-ring (bicyclic) bond motifs is 2. The van der Waals surface area contributed by atoms with E-state index in [2.05, 4.69) is 6.07 Å². The average Bonchev–Trinajstić information content (AvgIpc) is 3.01. The van der Waals surface area contributed by atoms with E-state index in [1.165, 1.54) is 6.42 Å². The normalized spacial score (nSPS) is 14.7. The van der Waals surface area contributed by atoms with Crippen LogP contribution in [0.5, 0.6) is 0 Å². The van der Waals surface area contributed by atoms with Crippen molar-refractivity contribution in [3.63, 3.8) is 0 Å². The highest BCUT2D eigenvalue weighted by molar-refractivity contribution is 7.18. The van der Waals surface area contributed by atoms with E-state index in [1.54, 1.807) is 15.9 Å². The summed E-state index contributed by atoms with van der Waals surface area (Å²) in [6.45, 7) is 2.00. The van der Waals surface area contributed by atoms with Crippen LogP contribution in [-0.4, -0.2) is 9.13 Å². The highest BCUT2D eigenvalue weighted by atomic mass is 32.1. The van der Waals surface area contributed by atoms with Gasteiger partial charge in [0.25, 0.3) is 5.56 Å². The van der Waals surface area contributed by atoms with E-state index in [0.29, 0.717) is 11.3 Å². The van der Waals surface area contributed by atoms with Crippen LogP contribution in [0.4, 0.5) is 0 Å². The first-order chi connectivity index (χ1) is 13.1. The van der Waals surface area contributed by atoms with Crippen molar-refractivity contribution in [2.75, 3.05) is 0 Å². The fourth-order valence-corrected chi connectivity index (χ4v) is 5.08. The number of nitrogens with zero attached hydrogens (tertiary/aromatic N) is 2. The smallest absolute Gasteiger partial charge is 0.268 e. The Bertz CT molecular complexity index is 1310. The van der Waals surface area contributed by atoms with Crippen LogP contribution in [0.2, 0.25) is 0 Å². The number of para-hydroxylation sites is 1. The summed E-state index contributed by atoms with van der Waals surface area (Å²) in [5, 5.41) is 0.926. The maximum Gasteiger partial charge on any atom is 0.268 e. The largest absolute Gasteiger partial charge is 0.335 e. The molecule has 0 N–H and O–H groups in total. The van der Waals surface area contributed by atoms with Crippen LogP contribution in [0, 0.1) is 6.92 Å². The van der Waals surface area contributed by atoms with E-state index in [-0.39, 0.29) is 16.4 Å². The minimum atomic E-state index is -0.202. The molecule has 1 aromatic carbocycles. The van der Waals surface area contributed by atoms with Gasteiger partial charge in [0.2, 0.25) is 5.43 Å². The van der Waals surface area contributed by atoms with Gasteiger partial charge >= 0.3 is 0 Å². The van der Waals surface area contributed by atoms with Crippen LogP contribution in [0.15, 0.2) is 52.1 Å². The number of pyridine rings is 2. The average molecular weight is 376 g/mol. The van der Waals surface area contributed by atoms with Gasteiger partial charge in [-0.15, -0.1) is 11.3 Å². The zero-order chi connectivity index (χ0) is 18.7. The third-order valence-corrected chi connectivity index (χ3v) is 6.85. The summed E-state index contributed by atoms with van der Waals surface area (Å²) in [6, 6.07) is 13.6. The minimum absolute atomic E-state index is 0.155. The molecule has 0 unspecified atom stereocenters. The maximum absolute atomic E-state index is 13.6. The summed E-state index contributed by atoms with van der Waals surface area (Å²) < 4.78 is 3.78. The Balaban J connectivity index is 1.98. The van der Waals surface area contributed by atoms with Crippen molar-refractivity contribution in [1.29, 1.82) is 0 Å². The molecule has 0 amide bonds. The molecule has 4 nitrogen and oxygen atoms in total. The van der Waals surface area contributed by atoms with Crippen molar-refractivity contribution in [3.8, 4) is 5.69 Å². The zero-order valence-corrected chi connectivity index (χ0v) is 16.2. The molecule has 0 bridgehead atoms. The Morgan fingerprint density at radius 1 is 1.07 bits per heavy atom. The van der Waals surface area contributed by atoms with Crippen LogP contribution in [0.3, 0.4) is 0 Å². The fourth-order valence-electron chi connectivity index (χ4n) is 4.10. The predicted octanol–water partition coefficient (Wildman–Crippen LogP) is 4.48. The van der Waals surface area contributed by atoms with Gasteiger partial charge in [-0.05, 0) is 49.9 Å². The lowest BCUT2D eigenvalue weighted by Crippen LogP contribution is -2.30. The number of aryl methyl sites for hydroxylation is 2. The molecule has 0 atom stereocenters. The second kappa shape index (κ2) is 5.92. The lowest BCUT2D eigenvalue weighted by Gasteiger charge is -2.29. The molecular formula is C22H20N2O2S. The first-order valence-electron chi connectivity index (χ1n) is 9.30. The van der Waals surface area contributed by atoms with E-state index in [9.17, 15) is 9.59 Å². The molecule has 4 aromatic rings. The number of rotatable bonds is 2. The Labute approximate surface area is 160 Å². The minimum Gasteiger partial charge on any atom is -0.335 e. The molecule has 0 aliphatic heterocycles. The molecule has 1 aliphatic carbocycles. The number of aromatic nitrogens is 2. The predicted molar refractivity (Wildman–Crippen MR) is 111 cm³/mol. The Morgan fingerprint density at radius 3 is 2.48 bits per heavy atom. The number of thiophene rings is 1. The molecule has 1 fully saturated rings.